The average Bonchev–Trinajstić information content (AvgIpc) is 3.05. The first-order valence-corrected chi connectivity index (χ1v) is 14.2. The highest BCUT2D eigenvalue weighted by Gasteiger charge is 2.11. The third-order valence-electron chi connectivity index (χ3n) is 6.63. The van der Waals surface area contributed by atoms with E-state index in [1.54, 1.807) is 14.2 Å². The molecule has 224 valence electrons. The summed E-state index contributed by atoms with van der Waals surface area (Å²) in [7, 11) is 3.24. The van der Waals surface area contributed by atoms with Crippen LogP contribution in [-0.2, 0) is 0 Å². The maximum atomic E-state index is 6.19. The second-order valence-corrected chi connectivity index (χ2v) is 10.2. The van der Waals surface area contributed by atoms with Crippen molar-refractivity contribution in [3.63, 3.8) is 0 Å². The van der Waals surface area contributed by atoms with Crippen molar-refractivity contribution in [1.29, 1.82) is 0 Å². The molecule has 0 aliphatic heterocycles. The molecule has 0 saturated carbocycles. The van der Waals surface area contributed by atoms with E-state index in [-0.39, 0.29) is 5.95 Å². The van der Waals surface area contributed by atoms with Crippen molar-refractivity contribution in [2.24, 2.45) is 0 Å². The van der Waals surface area contributed by atoms with Crippen molar-refractivity contribution < 1.29 is 9.47 Å². The summed E-state index contributed by atoms with van der Waals surface area (Å²) < 4.78 is 10.5. The van der Waals surface area contributed by atoms with Crippen LogP contribution in [0, 0.1) is 0 Å². The van der Waals surface area contributed by atoms with E-state index in [4.69, 9.17) is 26.8 Å². The Bertz CT molecular complexity index is 1850. The summed E-state index contributed by atoms with van der Waals surface area (Å²) in [5.74, 6) is 2.68. The molecule has 0 amide bonds. The molecule has 6 aromatic rings. The van der Waals surface area contributed by atoms with E-state index in [1.165, 1.54) is 0 Å². The summed E-state index contributed by atoms with van der Waals surface area (Å²) in [6.07, 6.45) is 0. The number of ether oxygens (including phenoxy) is 2. The lowest BCUT2D eigenvalue weighted by atomic mass is 10.1. The van der Waals surface area contributed by atoms with Gasteiger partial charge in [-0.05, 0) is 78.9 Å². The molecule has 11 nitrogen and oxygen atoms in total. The van der Waals surface area contributed by atoms with Gasteiger partial charge in [-0.3, -0.25) is 0 Å². The predicted octanol–water partition coefficient (Wildman–Crippen LogP) is 7.48. The van der Waals surface area contributed by atoms with Gasteiger partial charge in [0.25, 0.3) is 0 Å². The molecule has 0 radical (unpaired) electrons. The van der Waals surface area contributed by atoms with Gasteiger partial charge in [0.05, 0.1) is 25.6 Å². The van der Waals surface area contributed by atoms with E-state index in [0.29, 0.717) is 34.3 Å². The number of benzene rings is 4. The van der Waals surface area contributed by atoms with Gasteiger partial charge in [0.1, 0.15) is 11.5 Å². The fourth-order valence-corrected chi connectivity index (χ4v) is 4.60. The molecule has 2 aromatic heterocycles. The lowest BCUT2D eigenvalue weighted by Gasteiger charge is -2.12. The highest BCUT2D eigenvalue weighted by molar-refractivity contribution is 6.30. The molecule has 5 N–H and O–H groups in total. The molecule has 0 aliphatic rings. The molecular weight excluding hydrogens is 590 g/mol. The maximum absolute atomic E-state index is 6.19. The number of nitrogen functional groups attached to an aromatic ring is 1. The van der Waals surface area contributed by atoms with Crippen molar-refractivity contribution in [1.82, 2.24) is 24.9 Å². The minimum atomic E-state index is 0.170. The minimum Gasteiger partial charge on any atom is -0.497 e. The quantitative estimate of drug-likeness (QED) is 0.121. The Kier molecular flexibility index (Phi) is 8.51. The van der Waals surface area contributed by atoms with Crippen LogP contribution in [0.15, 0.2) is 103 Å². The van der Waals surface area contributed by atoms with Crippen molar-refractivity contribution in [2.75, 3.05) is 35.9 Å². The molecular formula is C33H28ClN9O2. The van der Waals surface area contributed by atoms with Crippen LogP contribution in [0.25, 0.3) is 22.5 Å². The van der Waals surface area contributed by atoms with Gasteiger partial charge >= 0.3 is 0 Å². The van der Waals surface area contributed by atoms with Crippen molar-refractivity contribution in [2.45, 2.75) is 0 Å². The van der Waals surface area contributed by atoms with Crippen LogP contribution in [0.3, 0.4) is 0 Å². The number of nitrogens with one attached hydrogen (secondary N) is 3. The second kappa shape index (κ2) is 13.1. The maximum Gasteiger partial charge on any atom is 0.233 e. The van der Waals surface area contributed by atoms with Gasteiger partial charge in [0.15, 0.2) is 0 Å². The molecule has 0 spiro atoms. The second-order valence-electron chi connectivity index (χ2n) is 9.72. The number of aromatic nitrogens is 5. The summed E-state index contributed by atoms with van der Waals surface area (Å²) in [5, 5.41) is 10.4. The Hall–Kier alpha value is -5.94. The number of nitrogens with zero attached hydrogens (tertiary/aromatic N) is 5. The minimum absolute atomic E-state index is 0.170. The number of methoxy groups -OCH3 is 2. The van der Waals surface area contributed by atoms with E-state index >= 15 is 0 Å². The molecule has 0 unspecified atom stereocenters. The lowest BCUT2D eigenvalue weighted by molar-refractivity contribution is 0.415. The Morgan fingerprint density at radius 2 is 0.978 bits per heavy atom. The summed E-state index contributed by atoms with van der Waals surface area (Å²) in [6, 6.07) is 31.9. The van der Waals surface area contributed by atoms with Crippen LogP contribution in [-0.4, -0.2) is 39.1 Å². The average molecular weight is 618 g/mol. The number of hydrogen-bond acceptors (Lipinski definition) is 11. The third kappa shape index (κ3) is 7.35. The number of rotatable bonds is 10. The number of hydrogen-bond donors (Lipinski definition) is 4. The van der Waals surface area contributed by atoms with Gasteiger partial charge in [-0.1, -0.05) is 35.9 Å². The van der Waals surface area contributed by atoms with Gasteiger partial charge in [-0.25, -0.2) is 9.97 Å². The summed E-state index contributed by atoms with van der Waals surface area (Å²) in [5.41, 5.74) is 11.5. The van der Waals surface area contributed by atoms with Crippen LogP contribution in [0.2, 0.25) is 5.02 Å². The zero-order valence-corrected chi connectivity index (χ0v) is 25.1. The molecule has 6 rings (SSSR count). The smallest absolute Gasteiger partial charge is 0.233 e. The van der Waals surface area contributed by atoms with Gasteiger partial charge in [-0.2, -0.15) is 15.0 Å². The highest BCUT2D eigenvalue weighted by Crippen LogP contribution is 2.28. The van der Waals surface area contributed by atoms with Crippen molar-refractivity contribution >= 4 is 52.5 Å². The molecule has 0 saturated heterocycles. The zero-order valence-electron chi connectivity index (χ0n) is 24.3. The topological polar surface area (TPSA) is 145 Å². The van der Waals surface area contributed by atoms with E-state index < -0.39 is 0 Å². The largest absolute Gasteiger partial charge is 0.497 e. The van der Waals surface area contributed by atoms with Gasteiger partial charge in [-0.15, -0.1) is 0 Å². The Morgan fingerprint density at radius 3 is 1.42 bits per heavy atom. The van der Waals surface area contributed by atoms with Crippen molar-refractivity contribution in [3.8, 4) is 34.0 Å². The zero-order chi connectivity index (χ0) is 31.2. The Morgan fingerprint density at radius 1 is 0.533 bits per heavy atom. The molecule has 2 heterocycles. The van der Waals surface area contributed by atoms with E-state index in [1.807, 2.05) is 103 Å². The monoisotopic (exact) mass is 617 g/mol. The molecule has 0 aliphatic carbocycles. The van der Waals surface area contributed by atoms with Crippen molar-refractivity contribution in [3.05, 3.63) is 108 Å². The van der Waals surface area contributed by atoms with Gasteiger partial charge < -0.3 is 31.2 Å². The van der Waals surface area contributed by atoms with Crippen LogP contribution in [0.1, 0.15) is 0 Å². The first-order chi connectivity index (χ1) is 21.9. The van der Waals surface area contributed by atoms with E-state index in [0.717, 1.165) is 39.7 Å². The predicted molar refractivity (Wildman–Crippen MR) is 178 cm³/mol. The normalized spacial score (nSPS) is 10.6. The number of halogens is 1. The Labute approximate surface area is 264 Å². The molecule has 12 heteroatoms. The standard InChI is InChI=1S/C33H28ClN9O2/c1-44-26-14-10-24(11-15-26)37-32-41-31(42-33(43-32)38-25-12-16-27(45-2)17-13-25)36-23-8-6-20(7-9-23)28-19-29(40-30(35)39-28)21-4-3-5-22(34)18-21/h3-19H,1-2H3,(H2,35,39,40)(H3,36,37,38,41,42,43). The Balaban J connectivity index is 1.26. The van der Waals surface area contributed by atoms with Crippen LogP contribution in [0.5, 0.6) is 11.5 Å². The third-order valence-corrected chi connectivity index (χ3v) is 6.86. The SMILES string of the molecule is COc1ccc(Nc2nc(Nc3ccc(OC)cc3)nc(Nc3ccc(-c4cc(-c5cccc(Cl)c5)nc(N)n4)cc3)n2)cc1. The lowest BCUT2D eigenvalue weighted by Crippen LogP contribution is -2.07. The fraction of sp³-hybridized carbons (Fsp3) is 0.0606. The summed E-state index contributed by atoms with van der Waals surface area (Å²) in [4.78, 5) is 22.6. The number of anilines is 7. The molecule has 0 atom stereocenters. The summed E-state index contributed by atoms with van der Waals surface area (Å²) in [6.45, 7) is 0. The van der Waals surface area contributed by atoms with Crippen LogP contribution >= 0.6 is 11.6 Å². The van der Waals surface area contributed by atoms with E-state index in [2.05, 4.69) is 40.9 Å². The molecule has 0 bridgehead atoms. The van der Waals surface area contributed by atoms with Crippen LogP contribution < -0.4 is 31.2 Å². The summed E-state index contributed by atoms with van der Waals surface area (Å²) >= 11 is 6.19. The first-order valence-electron chi connectivity index (χ1n) is 13.8. The molecule has 45 heavy (non-hydrogen) atoms. The van der Waals surface area contributed by atoms with Gasteiger partial charge in [0, 0.05) is 33.2 Å². The fourth-order valence-electron chi connectivity index (χ4n) is 4.41. The van der Waals surface area contributed by atoms with Crippen LogP contribution in [0.4, 0.5) is 40.9 Å². The van der Waals surface area contributed by atoms with E-state index in [9.17, 15) is 0 Å². The molecule has 0 fully saturated rings. The first kappa shape index (κ1) is 29.1. The molecule has 4 aromatic carbocycles. The number of nitrogens with two attached hydrogens (primary N) is 1. The highest BCUT2D eigenvalue weighted by atomic mass is 35.5. The van der Waals surface area contributed by atoms with Gasteiger partial charge in [0.2, 0.25) is 23.8 Å².